The van der Waals surface area contributed by atoms with Gasteiger partial charge in [-0.15, -0.1) is 12.3 Å². The quantitative estimate of drug-likeness (QED) is 0.736. The van der Waals surface area contributed by atoms with E-state index in [1.165, 1.54) is 4.90 Å². The number of aliphatic hydroxyl groups excluding tert-OH is 1. The zero-order valence-corrected chi connectivity index (χ0v) is 12.2. The molecule has 0 aromatic heterocycles. The second kappa shape index (κ2) is 6.62. The molecule has 1 fully saturated rings. The van der Waals surface area contributed by atoms with Gasteiger partial charge in [-0.25, -0.2) is 4.79 Å². The van der Waals surface area contributed by atoms with Crippen molar-refractivity contribution in [3.63, 3.8) is 0 Å². The van der Waals surface area contributed by atoms with Crippen molar-refractivity contribution in [3.8, 4) is 12.3 Å². The van der Waals surface area contributed by atoms with Crippen LogP contribution in [0.3, 0.4) is 0 Å². The Bertz CT molecular complexity index is 408. The van der Waals surface area contributed by atoms with Crippen molar-refractivity contribution in [1.29, 1.82) is 0 Å². The van der Waals surface area contributed by atoms with Gasteiger partial charge >= 0.3 is 6.09 Å². The first kappa shape index (κ1) is 16.3. The lowest BCUT2D eigenvalue weighted by molar-refractivity contribution is -0.131. The highest BCUT2D eigenvalue weighted by Crippen LogP contribution is 2.21. The molecule has 0 bridgehead atoms. The molecule has 0 spiro atoms. The van der Waals surface area contributed by atoms with Crippen molar-refractivity contribution in [2.75, 3.05) is 13.2 Å². The minimum atomic E-state index is -0.592. The fourth-order valence-corrected chi connectivity index (χ4v) is 1.80. The summed E-state index contributed by atoms with van der Waals surface area (Å²) in [4.78, 5) is 25.3. The molecule has 2 N–H and O–H groups in total. The minimum Gasteiger partial charge on any atom is -0.444 e. The van der Waals surface area contributed by atoms with E-state index in [1.54, 1.807) is 20.8 Å². The normalized spacial score (nSPS) is 19.6. The van der Waals surface area contributed by atoms with Gasteiger partial charge in [0, 0.05) is 13.0 Å². The second-order valence-electron chi connectivity index (χ2n) is 5.77. The molecule has 112 valence electrons. The van der Waals surface area contributed by atoms with Crippen LogP contribution in [-0.4, -0.2) is 52.8 Å². The highest BCUT2D eigenvalue weighted by Gasteiger charge is 2.40. The largest absolute Gasteiger partial charge is 0.444 e. The maximum atomic E-state index is 12.0. The molecule has 2 atom stereocenters. The fourth-order valence-electron chi connectivity index (χ4n) is 1.80. The van der Waals surface area contributed by atoms with E-state index in [1.807, 2.05) is 0 Å². The molecule has 1 aliphatic rings. The SMILES string of the molecule is C#CCC(CO)NC(=O)[C@H]1CCN1C(=O)OC(C)(C)C. The molecule has 1 heterocycles. The Morgan fingerprint density at radius 1 is 1.55 bits per heavy atom. The number of nitrogens with one attached hydrogen (secondary N) is 1. The van der Waals surface area contributed by atoms with E-state index in [0.717, 1.165) is 0 Å². The summed E-state index contributed by atoms with van der Waals surface area (Å²) in [6, 6.07) is -1.02. The zero-order chi connectivity index (χ0) is 15.3. The van der Waals surface area contributed by atoms with Crippen LogP contribution in [0.2, 0.25) is 0 Å². The van der Waals surface area contributed by atoms with Gasteiger partial charge in [0.15, 0.2) is 0 Å². The van der Waals surface area contributed by atoms with Crippen molar-refractivity contribution in [3.05, 3.63) is 0 Å². The fraction of sp³-hybridized carbons (Fsp3) is 0.714. The van der Waals surface area contributed by atoms with Gasteiger partial charge in [0.1, 0.15) is 11.6 Å². The van der Waals surface area contributed by atoms with Gasteiger partial charge in [-0.05, 0) is 27.2 Å². The van der Waals surface area contributed by atoms with E-state index in [2.05, 4.69) is 11.2 Å². The van der Waals surface area contributed by atoms with Crippen molar-refractivity contribution in [2.45, 2.75) is 51.3 Å². The summed E-state index contributed by atoms with van der Waals surface area (Å²) in [6.07, 6.45) is 5.49. The molecular formula is C14H22N2O4. The number of likely N-dealkylation sites (tertiary alicyclic amines) is 1. The molecule has 6 nitrogen and oxygen atoms in total. The summed E-state index contributed by atoms with van der Waals surface area (Å²) in [5, 5.41) is 11.7. The maximum absolute atomic E-state index is 12.0. The minimum absolute atomic E-state index is 0.227. The number of hydrogen-bond acceptors (Lipinski definition) is 4. The Hall–Kier alpha value is -1.74. The summed E-state index contributed by atoms with van der Waals surface area (Å²) < 4.78 is 5.23. The standard InChI is InChI=1S/C14H22N2O4/c1-5-6-10(9-17)15-12(18)11-7-8-16(11)13(19)20-14(2,3)4/h1,10-11,17H,6-9H2,2-4H3,(H,15,18)/t10?,11-/m1/s1. The summed E-state index contributed by atoms with van der Waals surface area (Å²) >= 11 is 0. The first-order chi connectivity index (χ1) is 9.28. The van der Waals surface area contributed by atoms with Crippen LogP contribution in [0.25, 0.3) is 0 Å². The summed E-state index contributed by atoms with van der Waals surface area (Å²) in [6.45, 7) is 5.58. The summed E-state index contributed by atoms with van der Waals surface area (Å²) in [5.74, 6) is 2.08. The van der Waals surface area contributed by atoms with E-state index in [9.17, 15) is 9.59 Å². The van der Waals surface area contributed by atoms with Gasteiger partial charge in [0.2, 0.25) is 5.91 Å². The number of terminal acetylenes is 1. The van der Waals surface area contributed by atoms with Gasteiger partial charge in [-0.2, -0.15) is 0 Å². The number of nitrogens with zero attached hydrogens (tertiary/aromatic N) is 1. The smallest absolute Gasteiger partial charge is 0.410 e. The Morgan fingerprint density at radius 3 is 2.60 bits per heavy atom. The van der Waals surface area contributed by atoms with Crippen molar-refractivity contribution >= 4 is 12.0 Å². The number of carbonyl (C=O) groups is 2. The monoisotopic (exact) mass is 282 g/mol. The maximum Gasteiger partial charge on any atom is 0.410 e. The van der Waals surface area contributed by atoms with Crippen molar-refractivity contribution in [2.24, 2.45) is 0 Å². The van der Waals surface area contributed by atoms with E-state index in [-0.39, 0.29) is 18.9 Å². The Balaban J connectivity index is 2.54. The molecule has 0 aromatic carbocycles. The van der Waals surface area contributed by atoms with E-state index >= 15 is 0 Å². The van der Waals surface area contributed by atoms with Gasteiger partial charge in [-0.1, -0.05) is 0 Å². The van der Waals surface area contributed by atoms with Crippen LogP contribution in [0.5, 0.6) is 0 Å². The first-order valence-corrected chi connectivity index (χ1v) is 6.63. The van der Waals surface area contributed by atoms with E-state index in [0.29, 0.717) is 13.0 Å². The number of hydrogen-bond donors (Lipinski definition) is 2. The van der Waals surface area contributed by atoms with Gasteiger partial charge in [0.05, 0.1) is 12.6 Å². The predicted octanol–water partition coefficient (Wildman–Crippen LogP) is 0.496. The molecule has 0 aliphatic carbocycles. The van der Waals surface area contributed by atoms with Crippen LogP contribution in [0.15, 0.2) is 0 Å². The van der Waals surface area contributed by atoms with Crippen molar-refractivity contribution < 1.29 is 19.4 Å². The van der Waals surface area contributed by atoms with Crippen LogP contribution in [0.4, 0.5) is 4.79 Å². The average molecular weight is 282 g/mol. The molecule has 1 aliphatic heterocycles. The number of amides is 2. The summed E-state index contributed by atoms with van der Waals surface area (Å²) in [7, 11) is 0. The van der Waals surface area contributed by atoms with Gasteiger partial charge in [-0.3, -0.25) is 9.69 Å². The van der Waals surface area contributed by atoms with Gasteiger partial charge in [0.25, 0.3) is 0 Å². The van der Waals surface area contributed by atoms with Crippen molar-refractivity contribution in [1.82, 2.24) is 10.2 Å². The highest BCUT2D eigenvalue weighted by molar-refractivity contribution is 5.87. The van der Waals surface area contributed by atoms with Crippen LogP contribution >= 0.6 is 0 Å². The molecule has 1 saturated heterocycles. The lowest BCUT2D eigenvalue weighted by atomic mass is 10.0. The average Bonchev–Trinajstić information content (AvgIpc) is 2.23. The van der Waals surface area contributed by atoms with E-state index in [4.69, 9.17) is 16.3 Å². The molecule has 20 heavy (non-hydrogen) atoms. The number of rotatable bonds is 4. The lowest BCUT2D eigenvalue weighted by Crippen LogP contribution is -2.60. The molecule has 1 rings (SSSR count). The topological polar surface area (TPSA) is 78.9 Å². The third kappa shape index (κ3) is 4.42. The first-order valence-electron chi connectivity index (χ1n) is 6.63. The molecule has 0 aromatic rings. The Labute approximate surface area is 119 Å². The predicted molar refractivity (Wildman–Crippen MR) is 73.8 cm³/mol. The van der Waals surface area contributed by atoms with E-state index < -0.39 is 23.8 Å². The van der Waals surface area contributed by atoms with Gasteiger partial charge < -0.3 is 15.2 Å². The second-order valence-corrected chi connectivity index (χ2v) is 5.77. The third-order valence-electron chi connectivity index (χ3n) is 2.88. The summed E-state index contributed by atoms with van der Waals surface area (Å²) in [5.41, 5.74) is -0.592. The third-order valence-corrected chi connectivity index (χ3v) is 2.88. The lowest BCUT2D eigenvalue weighted by Gasteiger charge is -2.40. The Kier molecular flexibility index (Phi) is 5.40. The van der Waals surface area contributed by atoms with Crippen LogP contribution in [0.1, 0.15) is 33.6 Å². The van der Waals surface area contributed by atoms with Crippen LogP contribution < -0.4 is 5.32 Å². The highest BCUT2D eigenvalue weighted by atomic mass is 16.6. The number of carbonyl (C=O) groups excluding carboxylic acids is 2. The van der Waals surface area contributed by atoms with Crippen LogP contribution in [0, 0.1) is 12.3 Å². The molecule has 1 unspecified atom stereocenters. The Morgan fingerprint density at radius 2 is 2.20 bits per heavy atom. The molecule has 2 amide bonds. The number of ether oxygens (including phenoxy) is 1. The molecule has 6 heteroatoms. The number of aliphatic hydroxyl groups is 1. The molecule has 0 radical (unpaired) electrons. The molecular weight excluding hydrogens is 260 g/mol. The molecule has 0 saturated carbocycles. The van der Waals surface area contributed by atoms with Crippen LogP contribution in [-0.2, 0) is 9.53 Å². The zero-order valence-electron chi connectivity index (χ0n) is 12.2.